The van der Waals surface area contributed by atoms with Crippen molar-refractivity contribution in [3.05, 3.63) is 129 Å². The molecule has 0 aliphatic carbocycles. The highest BCUT2D eigenvalue weighted by atomic mass is 35.5. The van der Waals surface area contributed by atoms with Gasteiger partial charge in [0.25, 0.3) is 11.8 Å². The topological polar surface area (TPSA) is 86.7 Å². The SMILES string of the molecule is O=C(O)CCN(CCc1ccc(Cl)cc1Cl)C(=O)c1ccccc1-c1ccccc1C(=O)NCc1cc(F)ccc1F. The van der Waals surface area contributed by atoms with Crippen molar-refractivity contribution in [3.63, 3.8) is 0 Å². The molecule has 2 amide bonds. The van der Waals surface area contributed by atoms with Gasteiger partial charge in [-0.05, 0) is 65.6 Å². The molecule has 6 nitrogen and oxygen atoms in total. The van der Waals surface area contributed by atoms with Gasteiger partial charge in [0.05, 0.1) is 6.42 Å². The van der Waals surface area contributed by atoms with Crippen LogP contribution >= 0.6 is 23.2 Å². The van der Waals surface area contributed by atoms with Crippen LogP contribution in [0.15, 0.2) is 84.9 Å². The van der Waals surface area contributed by atoms with E-state index in [0.29, 0.717) is 27.6 Å². The number of hydrogen-bond donors (Lipinski definition) is 2. The van der Waals surface area contributed by atoms with Crippen molar-refractivity contribution in [1.82, 2.24) is 10.2 Å². The second-order valence-corrected chi connectivity index (χ2v) is 10.3. The first-order valence-corrected chi connectivity index (χ1v) is 13.7. The fraction of sp³-hybridized carbons (Fsp3) is 0.156. The van der Waals surface area contributed by atoms with Crippen molar-refractivity contribution in [2.75, 3.05) is 13.1 Å². The monoisotopic (exact) mass is 610 g/mol. The third-order valence-electron chi connectivity index (χ3n) is 6.62. The minimum absolute atomic E-state index is 0.00808. The fourth-order valence-corrected chi connectivity index (χ4v) is 4.97. The average Bonchev–Trinajstić information content (AvgIpc) is 2.98. The molecule has 42 heavy (non-hydrogen) atoms. The van der Waals surface area contributed by atoms with E-state index >= 15 is 0 Å². The van der Waals surface area contributed by atoms with Crippen LogP contribution in [0.4, 0.5) is 8.78 Å². The summed E-state index contributed by atoms with van der Waals surface area (Å²) in [5.74, 6) is -3.30. The Morgan fingerprint density at radius 1 is 0.786 bits per heavy atom. The van der Waals surface area contributed by atoms with Crippen LogP contribution in [-0.2, 0) is 17.8 Å². The van der Waals surface area contributed by atoms with Gasteiger partial charge in [0, 0.05) is 46.4 Å². The lowest BCUT2D eigenvalue weighted by Gasteiger charge is -2.24. The highest BCUT2D eigenvalue weighted by Crippen LogP contribution is 2.29. The number of nitrogens with one attached hydrogen (secondary N) is 1. The quantitative estimate of drug-likeness (QED) is 0.191. The normalized spacial score (nSPS) is 10.8. The molecule has 0 aliphatic rings. The van der Waals surface area contributed by atoms with Gasteiger partial charge < -0.3 is 15.3 Å². The molecule has 0 aromatic heterocycles. The minimum Gasteiger partial charge on any atom is -0.481 e. The molecule has 0 saturated carbocycles. The van der Waals surface area contributed by atoms with Crippen molar-refractivity contribution in [3.8, 4) is 11.1 Å². The Labute approximate surface area is 251 Å². The molecule has 0 atom stereocenters. The molecule has 0 bridgehead atoms. The van der Waals surface area contributed by atoms with Crippen molar-refractivity contribution in [1.29, 1.82) is 0 Å². The van der Waals surface area contributed by atoms with Gasteiger partial charge in [0.15, 0.2) is 0 Å². The molecule has 10 heteroatoms. The molecular weight excluding hydrogens is 585 g/mol. The molecule has 0 saturated heterocycles. The Balaban J connectivity index is 1.62. The lowest BCUT2D eigenvalue weighted by molar-refractivity contribution is -0.137. The number of carboxylic acids is 1. The molecule has 0 radical (unpaired) electrons. The third kappa shape index (κ3) is 7.72. The van der Waals surface area contributed by atoms with Gasteiger partial charge in [-0.3, -0.25) is 14.4 Å². The van der Waals surface area contributed by atoms with Crippen molar-refractivity contribution in [2.24, 2.45) is 0 Å². The zero-order valence-electron chi connectivity index (χ0n) is 22.2. The predicted molar refractivity (Wildman–Crippen MR) is 158 cm³/mol. The van der Waals surface area contributed by atoms with Gasteiger partial charge in [0.1, 0.15) is 11.6 Å². The van der Waals surface area contributed by atoms with E-state index in [-0.39, 0.29) is 42.7 Å². The second kappa shape index (κ2) is 14.1. The molecular formula is C32H26Cl2F2N2O4. The van der Waals surface area contributed by atoms with Crippen LogP contribution in [0.1, 0.15) is 38.3 Å². The standard InChI is InChI=1S/C32H26Cl2F2N2O4/c33-22-10-9-20(28(34)18-22)13-15-38(16-14-30(39)40)32(42)27-8-4-2-6-25(27)24-5-1-3-7-26(24)31(41)37-19-21-17-23(35)11-12-29(21)36/h1-12,17-18H,13-16,19H2,(H,37,41)(H,39,40). The van der Waals surface area contributed by atoms with Crippen LogP contribution in [0, 0.1) is 11.6 Å². The van der Waals surface area contributed by atoms with Gasteiger partial charge in [-0.25, -0.2) is 8.78 Å². The molecule has 4 aromatic rings. The largest absolute Gasteiger partial charge is 0.481 e. The van der Waals surface area contributed by atoms with Gasteiger partial charge in [-0.15, -0.1) is 0 Å². The highest BCUT2D eigenvalue weighted by molar-refractivity contribution is 6.35. The summed E-state index contributed by atoms with van der Waals surface area (Å²) < 4.78 is 27.7. The van der Waals surface area contributed by atoms with Crippen LogP contribution in [0.3, 0.4) is 0 Å². The molecule has 4 rings (SSSR count). The summed E-state index contributed by atoms with van der Waals surface area (Å²) in [5, 5.41) is 12.8. The van der Waals surface area contributed by atoms with Gasteiger partial charge in [-0.2, -0.15) is 0 Å². The lowest BCUT2D eigenvalue weighted by atomic mass is 9.94. The zero-order chi connectivity index (χ0) is 30.2. The summed E-state index contributed by atoms with van der Waals surface area (Å²) in [6.45, 7) is -0.105. The summed E-state index contributed by atoms with van der Waals surface area (Å²) in [6, 6.07) is 21.3. The first kappa shape index (κ1) is 30.7. The average molecular weight is 611 g/mol. The molecule has 0 heterocycles. The number of carbonyl (C=O) groups excluding carboxylic acids is 2. The van der Waals surface area contributed by atoms with E-state index in [0.717, 1.165) is 23.8 Å². The van der Waals surface area contributed by atoms with Crippen LogP contribution < -0.4 is 5.32 Å². The number of benzene rings is 4. The number of carboxylic acid groups (broad SMARTS) is 1. The third-order valence-corrected chi connectivity index (χ3v) is 7.20. The highest BCUT2D eigenvalue weighted by Gasteiger charge is 2.23. The summed E-state index contributed by atoms with van der Waals surface area (Å²) in [4.78, 5) is 39.9. The van der Waals surface area contributed by atoms with E-state index in [9.17, 15) is 28.3 Å². The van der Waals surface area contributed by atoms with E-state index in [1.165, 1.54) is 4.90 Å². The minimum atomic E-state index is -1.05. The van der Waals surface area contributed by atoms with Gasteiger partial charge in [-0.1, -0.05) is 65.7 Å². The van der Waals surface area contributed by atoms with E-state index in [4.69, 9.17) is 23.2 Å². The number of hydrogen-bond acceptors (Lipinski definition) is 3. The van der Waals surface area contributed by atoms with Crippen molar-refractivity contribution < 1.29 is 28.3 Å². The van der Waals surface area contributed by atoms with Gasteiger partial charge in [0.2, 0.25) is 0 Å². The number of aliphatic carboxylic acids is 1. The van der Waals surface area contributed by atoms with Gasteiger partial charge >= 0.3 is 5.97 Å². The lowest BCUT2D eigenvalue weighted by Crippen LogP contribution is -2.35. The summed E-state index contributed by atoms with van der Waals surface area (Å²) >= 11 is 12.3. The Bertz CT molecular complexity index is 1630. The number of amides is 2. The first-order valence-electron chi connectivity index (χ1n) is 13.0. The van der Waals surface area contributed by atoms with E-state index < -0.39 is 29.4 Å². The van der Waals surface area contributed by atoms with Crippen molar-refractivity contribution in [2.45, 2.75) is 19.4 Å². The molecule has 4 aromatic carbocycles. The van der Waals surface area contributed by atoms with Crippen molar-refractivity contribution >= 4 is 41.0 Å². The Morgan fingerprint density at radius 2 is 1.45 bits per heavy atom. The molecule has 0 unspecified atom stereocenters. The number of carbonyl (C=O) groups is 3. The Morgan fingerprint density at radius 3 is 2.14 bits per heavy atom. The summed E-state index contributed by atoms with van der Waals surface area (Å²) in [6.07, 6.45) is 0.0943. The first-order chi connectivity index (χ1) is 20.1. The molecule has 216 valence electrons. The van der Waals surface area contributed by atoms with E-state index in [2.05, 4.69) is 5.32 Å². The van der Waals surface area contributed by atoms with E-state index in [1.807, 2.05) is 0 Å². The Kier molecular flexibility index (Phi) is 10.3. The maximum absolute atomic E-state index is 14.1. The maximum Gasteiger partial charge on any atom is 0.305 e. The maximum atomic E-state index is 14.1. The summed E-state index contributed by atoms with van der Waals surface area (Å²) in [7, 11) is 0. The summed E-state index contributed by atoms with van der Waals surface area (Å²) in [5.41, 5.74) is 2.12. The Hall–Kier alpha value is -4.27. The smallest absolute Gasteiger partial charge is 0.305 e. The number of nitrogens with zero attached hydrogens (tertiary/aromatic N) is 1. The molecule has 0 fully saturated rings. The molecule has 0 spiro atoms. The van der Waals surface area contributed by atoms with Crippen LogP contribution in [0.2, 0.25) is 10.0 Å². The van der Waals surface area contributed by atoms with Crippen LogP contribution in [0.25, 0.3) is 11.1 Å². The zero-order valence-corrected chi connectivity index (χ0v) is 23.8. The number of rotatable bonds is 11. The van der Waals surface area contributed by atoms with Crippen LogP contribution in [0.5, 0.6) is 0 Å². The molecule has 0 aliphatic heterocycles. The second-order valence-electron chi connectivity index (χ2n) is 9.43. The molecule has 2 N–H and O–H groups in total. The fourth-order valence-electron chi connectivity index (χ4n) is 4.47. The van der Waals surface area contributed by atoms with Crippen LogP contribution in [-0.4, -0.2) is 40.9 Å². The van der Waals surface area contributed by atoms with E-state index in [1.54, 1.807) is 66.7 Å². The predicted octanol–water partition coefficient (Wildman–Crippen LogP) is 7.03. The number of halogens is 4.